The second-order valence-electron chi connectivity index (χ2n) is 4.52. The third-order valence-electron chi connectivity index (χ3n) is 3.02. The summed E-state index contributed by atoms with van der Waals surface area (Å²) in [6.07, 6.45) is 0. The van der Waals surface area contributed by atoms with Gasteiger partial charge in [0.05, 0.1) is 12.0 Å². The highest BCUT2D eigenvalue weighted by Crippen LogP contribution is 2.20. The van der Waals surface area contributed by atoms with E-state index in [1.54, 1.807) is 17.9 Å². The predicted octanol–water partition coefficient (Wildman–Crippen LogP) is 3.05. The number of hydrogen-bond acceptors (Lipinski definition) is 3. The van der Waals surface area contributed by atoms with Gasteiger partial charge < -0.3 is 9.32 Å². The number of furan rings is 1. The molecule has 0 spiro atoms. The van der Waals surface area contributed by atoms with Crippen LogP contribution in [0.4, 0.5) is 0 Å². The summed E-state index contributed by atoms with van der Waals surface area (Å²) in [6, 6.07) is 11.4. The van der Waals surface area contributed by atoms with E-state index in [-0.39, 0.29) is 11.8 Å². The Morgan fingerprint density at radius 2 is 2.21 bits per heavy atom. The molecule has 2 aromatic rings. The van der Waals surface area contributed by atoms with Crippen LogP contribution in [0.25, 0.3) is 11.0 Å². The molecule has 1 heterocycles. The number of fused-ring (bicyclic) bond motifs is 1. The zero-order valence-electron chi connectivity index (χ0n) is 11.1. The summed E-state index contributed by atoms with van der Waals surface area (Å²) in [7, 11) is 0. The molecule has 0 saturated heterocycles. The molecule has 0 fully saturated rings. The van der Waals surface area contributed by atoms with E-state index < -0.39 is 0 Å². The van der Waals surface area contributed by atoms with E-state index in [1.807, 2.05) is 31.2 Å². The molecule has 0 saturated carbocycles. The fourth-order valence-electron chi connectivity index (χ4n) is 1.97. The quantitative estimate of drug-likeness (QED) is 0.844. The smallest absolute Gasteiger partial charge is 0.289 e. The standard InChI is InChI=1S/C15H16N2O2/c1-3-17(10-11(2)9-16)15(18)14-8-12-6-4-5-7-13(12)19-14/h4-8,11H,3,10H2,1-2H3/t11-/m1/s1. The Balaban J connectivity index is 2.24. The van der Waals surface area contributed by atoms with E-state index in [9.17, 15) is 4.79 Å². The Hall–Kier alpha value is -2.28. The fourth-order valence-corrected chi connectivity index (χ4v) is 1.97. The van der Waals surface area contributed by atoms with Gasteiger partial charge in [-0.2, -0.15) is 5.26 Å². The predicted molar refractivity (Wildman–Crippen MR) is 72.6 cm³/mol. The number of carbonyl (C=O) groups is 1. The summed E-state index contributed by atoms with van der Waals surface area (Å²) in [4.78, 5) is 14.0. The summed E-state index contributed by atoms with van der Waals surface area (Å²) in [5, 5.41) is 9.75. The monoisotopic (exact) mass is 256 g/mol. The summed E-state index contributed by atoms with van der Waals surface area (Å²) in [6.45, 7) is 4.67. The molecule has 98 valence electrons. The zero-order valence-corrected chi connectivity index (χ0v) is 11.1. The largest absolute Gasteiger partial charge is 0.451 e. The molecule has 1 atom stereocenters. The van der Waals surface area contributed by atoms with Gasteiger partial charge in [0.2, 0.25) is 0 Å². The molecule has 4 heteroatoms. The average Bonchev–Trinajstić information content (AvgIpc) is 2.87. The van der Waals surface area contributed by atoms with Crippen LogP contribution in [0, 0.1) is 17.2 Å². The molecule has 0 radical (unpaired) electrons. The maximum absolute atomic E-state index is 12.3. The van der Waals surface area contributed by atoms with Gasteiger partial charge in [0, 0.05) is 18.5 Å². The number of benzene rings is 1. The van der Waals surface area contributed by atoms with Crippen LogP contribution >= 0.6 is 0 Å². The van der Waals surface area contributed by atoms with Crippen molar-refractivity contribution in [3.8, 4) is 6.07 Å². The summed E-state index contributed by atoms with van der Waals surface area (Å²) in [5.41, 5.74) is 0.704. The van der Waals surface area contributed by atoms with Crippen LogP contribution in [0.3, 0.4) is 0 Å². The van der Waals surface area contributed by atoms with Crippen molar-refractivity contribution in [2.75, 3.05) is 13.1 Å². The topological polar surface area (TPSA) is 57.2 Å². The van der Waals surface area contributed by atoms with Crippen LogP contribution in [-0.2, 0) is 0 Å². The molecular weight excluding hydrogens is 240 g/mol. The van der Waals surface area contributed by atoms with Gasteiger partial charge in [0.25, 0.3) is 5.91 Å². The van der Waals surface area contributed by atoms with Crippen molar-refractivity contribution in [2.24, 2.45) is 5.92 Å². The first-order valence-corrected chi connectivity index (χ1v) is 6.33. The van der Waals surface area contributed by atoms with Crippen molar-refractivity contribution in [3.63, 3.8) is 0 Å². The molecule has 0 unspecified atom stereocenters. The first-order valence-electron chi connectivity index (χ1n) is 6.33. The first-order chi connectivity index (χ1) is 9.15. The Bertz CT molecular complexity index is 591. The maximum Gasteiger partial charge on any atom is 0.289 e. The van der Waals surface area contributed by atoms with Gasteiger partial charge in [0.15, 0.2) is 5.76 Å². The van der Waals surface area contributed by atoms with Gasteiger partial charge in [-0.25, -0.2) is 0 Å². The molecular formula is C15H16N2O2. The third-order valence-corrected chi connectivity index (χ3v) is 3.02. The third kappa shape index (κ3) is 2.76. The molecule has 1 amide bonds. The van der Waals surface area contributed by atoms with Crippen molar-refractivity contribution in [1.29, 1.82) is 5.26 Å². The van der Waals surface area contributed by atoms with Gasteiger partial charge >= 0.3 is 0 Å². The van der Waals surface area contributed by atoms with E-state index in [1.165, 1.54) is 0 Å². The van der Waals surface area contributed by atoms with Crippen LogP contribution in [0.15, 0.2) is 34.7 Å². The van der Waals surface area contributed by atoms with Gasteiger partial charge in [-0.1, -0.05) is 18.2 Å². The Morgan fingerprint density at radius 3 is 2.84 bits per heavy atom. The minimum Gasteiger partial charge on any atom is -0.451 e. The van der Waals surface area contributed by atoms with Crippen LogP contribution in [0.5, 0.6) is 0 Å². The first kappa shape index (κ1) is 13.2. The number of amides is 1. The number of para-hydroxylation sites is 1. The van der Waals surface area contributed by atoms with Gasteiger partial charge in [0.1, 0.15) is 5.58 Å². The summed E-state index contributed by atoms with van der Waals surface area (Å²) in [5.74, 6) is -0.0257. The van der Waals surface area contributed by atoms with Crippen LogP contribution < -0.4 is 0 Å². The molecule has 0 bridgehead atoms. The molecule has 2 rings (SSSR count). The Labute approximate surface area is 112 Å². The van der Waals surface area contributed by atoms with Crippen molar-refractivity contribution in [1.82, 2.24) is 4.90 Å². The molecule has 0 aliphatic heterocycles. The minimum absolute atomic E-state index is 0.166. The van der Waals surface area contributed by atoms with E-state index in [0.717, 1.165) is 5.39 Å². The van der Waals surface area contributed by atoms with E-state index in [4.69, 9.17) is 9.68 Å². The molecule has 4 nitrogen and oxygen atoms in total. The Morgan fingerprint density at radius 1 is 1.47 bits per heavy atom. The molecule has 1 aromatic heterocycles. The van der Waals surface area contributed by atoms with Crippen LogP contribution in [0.2, 0.25) is 0 Å². The highest BCUT2D eigenvalue weighted by atomic mass is 16.3. The van der Waals surface area contributed by atoms with Crippen LogP contribution in [0.1, 0.15) is 24.4 Å². The van der Waals surface area contributed by atoms with Crippen molar-refractivity contribution < 1.29 is 9.21 Å². The molecule has 0 aliphatic rings. The normalized spacial score (nSPS) is 12.1. The van der Waals surface area contributed by atoms with Crippen molar-refractivity contribution in [3.05, 3.63) is 36.1 Å². The lowest BCUT2D eigenvalue weighted by Crippen LogP contribution is -2.34. The van der Waals surface area contributed by atoms with Gasteiger partial charge in [-0.15, -0.1) is 0 Å². The lowest BCUT2D eigenvalue weighted by Gasteiger charge is -2.20. The Kier molecular flexibility index (Phi) is 3.86. The zero-order chi connectivity index (χ0) is 13.8. The van der Waals surface area contributed by atoms with Gasteiger partial charge in [-0.3, -0.25) is 4.79 Å². The molecule has 1 aromatic carbocycles. The fraction of sp³-hybridized carbons (Fsp3) is 0.333. The van der Waals surface area contributed by atoms with E-state index >= 15 is 0 Å². The molecule has 19 heavy (non-hydrogen) atoms. The number of carbonyl (C=O) groups excluding carboxylic acids is 1. The average molecular weight is 256 g/mol. The lowest BCUT2D eigenvalue weighted by molar-refractivity contribution is 0.0723. The highest BCUT2D eigenvalue weighted by Gasteiger charge is 2.20. The summed E-state index contributed by atoms with van der Waals surface area (Å²) >= 11 is 0. The maximum atomic E-state index is 12.3. The van der Waals surface area contributed by atoms with Crippen molar-refractivity contribution in [2.45, 2.75) is 13.8 Å². The summed E-state index contributed by atoms with van der Waals surface area (Å²) < 4.78 is 5.55. The number of nitriles is 1. The lowest BCUT2D eigenvalue weighted by atomic mass is 10.2. The van der Waals surface area contributed by atoms with Crippen LogP contribution in [-0.4, -0.2) is 23.9 Å². The number of rotatable bonds is 4. The SMILES string of the molecule is CCN(C[C@H](C)C#N)C(=O)c1cc2ccccc2o1. The van der Waals surface area contributed by atoms with Crippen molar-refractivity contribution >= 4 is 16.9 Å². The second kappa shape index (κ2) is 5.57. The second-order valence-corrected chi connectivity index (χ2v) is 4.52. The van der Waals surface area contributed by atoms with E-state index in [2.05, 4.69) is 6.07 Å². The molecule has 0 N–H and O–H groups in total. The van der Waals surface area contributed by atoms with E-state index in [0.29, 0.717) is 24.4 Å². The molecule has 0 aliphatic carbocycles. The van der Waals surface area contributed by atoms with Gasteiger partial charge in [-0.05, 0) is 26.0 Å². The highest BCUT2D eigenvalue weighted by molar-refractivity contribution is 5.96. The number of nitrogens with zero attached hydrogens (tertiary/aromatic N) is 2. The number of hydrogen-bond donors (Lipinski definition) is 0. The minimum atomic E-state index is -0.187.